The van der Waals surface area contributed by atoms with Crippen molar-refractivity contribution in [3.05, 3.63) is 42.0 Å². The fraction of sp³-hybridized carbons (Fsp3) is 0.471. The van der Waals surface area contributed by atoms with E-state index in [1.54, 1.807) is 24.9 Å². The predicted octanol–water partition coefficient (Wildman–Crippen LogP) is 2.87. The van der Waals surface area contributed by atoms with Crippen LogP contribution in [-0.2, 0) is 17.1 Å². The first-order chi connectivity index (χ1) is 11.9. The molecule has 2 heterocycles. The number of nitrogens with zero attached hydrogens (tertiary/aromatic N) is 3. The van der Waals surface area contributed by atoms with Crippen LogP contribution in [0.1, 0.15) is 37.8 Å². The van der Waals surface area contributed by atoms with Gasteiger partial charge in [-0.2, -0.15) is 9.40 Å². The average molecular weight is 367 g/mol. The van der Waals surface area contributed by atoms with Crippen LogP contribution in [0, 0.1) is 5.82 Å². The van der Waals surface area contributed by atoms with Crippen molar-refractivity contribution in [1.82, 2.24) is 14.1 Å². The van der Waals surface area contributed by atoms with Gasteiger partial charge in [-0.3, -0.25) is 4.68 Å². The number of benzene rings is 1. The summed E-state index contributed by atoms with van der Waals surface area (Å²) < 4.78 is 48.6. The molecule has 6 nitrogen and oxygen atoms in total. The molecule has 1 saturated heterocycles. The fourth-order valence-corrected chi connectivity index (χ4v) is 4.88. The third kappa shape index (κ3) is 3.55. The van der Waals surface area contributed by atoms with Crippen LogP contribution in [0.15, 0.2) is 35.5 Å². The molecule has 3 rings (SSSR count). The Morgan fingerprint density at radius 1 is 1.36 bits per heavy atom. The standard InChI is InChI=1S/C17H22FN3O3S/c1-3-24-17-8-7-14(10-15(17)18)25(22,23)21-9-5-4-6-16(21)13-11-19-20(2)12-13/h7-8,10-12,16H,3-6,9H2,1-2H3/t16-/m1/s1. The van der Waals surface area contributed by atoms with Crippen LogP contribution in [0.25, 0.3) is 0 Å². The first-order valence-corrected chi connectivity index (χ1v) is 9.80. The molecule has 8 heteroatoms. The smallest absolute Gasteiger partial charge is 0.243 e. The molecular formula is C17H22FN3O3S. The van der Waals surface area contributed by atoms with Crippen molar-refractivity contribution in [1.29, 1.82) is 0 Å². The normalized spacial score (nSPS) is 19.1. The van der Waals surface area contributed by atoms with Crippen molar-refractivity contribution in [2.24, 2.45) is 7.05 Å². The highest BCUT2D eigenvalue weighted by molar-refractivity contribution is 7.89. The van der Waals surface area contributed by atoms with Gasteiger partial charge in [-0.1, -0.05) is 6.42 Å². The molecule has 0 aliphatic carbocycles. The number of halogens is 1. The van der Waals surface area contributed by atoms with Gasteiger partial charge in [-0.15, -0.1) is 0 Å². The second-order valence-electron chi connectivity index (χ2n) is 6.10. The van der Waals surface area contributed by atoms with Gasteiger partial charge in [0, 0.05) is 25.4 Å². The summed E-state index contributed by atoms with van der Waals surface area (Å²) in [5.41, 5.74) is 0.859. The van der Waals surface area contributed by atoms with E-state index in [-0.39, 0.29) is 16.7 Å². The van der Waals surface area contributed by atoms with Gasteiger partial charge < -0.3 is 4.74 Å². The Bertz CT molecular complexity index is 851. The lowest BCUT2D eigenvalue weighted by Crippen LogP contribution is -2.38. The van der Waals surface area contributed by atoms with Gasteiger partial charge in [0.2, 0.25) is 10.0 Å². The first-order valence-electron chi connectivity index (χ1n) is 8.36. The van der Waals surface area contributed by atoms with Crippen molar-refractivity contribution in [3.8, 4) is 5.75 Å². The maximum atomic E-state index is 14.1. The maximum absolute atomic E-state index is 14.1. The quantitative estimate of drug-likeness (QED) is 0.815. The average Bonchev–Trinajstić information content (AvgIpc) is 3.03. The summed E-state index contributed by atoms with van der Waals surface area (Å²) in [5, 5.41) is 4.15. The summed E-state index contributed by atoms with van der Waals surface area (Å²) >= 11 is 0. The third-order valence-electron chi connectivity index (χ3n) is 4.37. The predicted molar refractivity (Wildman–Crippen MR) is 91.3 cm³/mol. The molecule has 1 aliphatic rings. The lowest BCUT2D eigenvalue weighted by Gasteiger charge is -2.34. The van der Waals surface area contributed by atoms with E-state index >= 15 is 0 Å². The third-order valence-corrected chi connectivity index (χ3v) is 6.28. The first kappa shape index (κ1) is 17.9. The minimum Gasteiger partial charge on any atom is -0.491 e. The molecule has 1 atom stereocenters. The second-order valence-corrected chi connectivity index (χ2v) is 7.99. The van der Waals surface area contributed by atoms with Gasteiger partial charge in [0.15, 0.2) is 11.6 Å². The lowest BCUT2D eigenvalue weighted by atomic mass is 10.0. The monoisotopic (exact) mass is 367 g/mol. The minimum atomic E-state index is -3.80. The van der Waals surface area contributed by atoms with Crippen LogP contribution in [0.5, 0.6) is 5.75 Å². The molecular weight excluding hydrogens is 345 g/mol. The molecule has 0 radical (unpaired) electrons. The second kappa shape index (κ2) is 7.13. The number of aromatic nitrogens is 2. The molecule has 1 aromatic carbocycles. The summed E-state index contributed by atoms with van der Waals surface area (Å²) in [5.74, 6) is -0.609. The number of sulfonamides is 1. The molecule has 0 N–H and O–H groups in total. The molecule has 0 saturated carbocycles. The van der Waals surface area contributed by atoms with Gasteiger partial charge in [-0.25, -0.2) is 12.8 Å². The summed E-state index contributed by atoms with van der Waals surface area (Å²) in [6.07, 6.45) is 5.98. The summed E-state index contributed by atoms with van der Waals surface area (Å²) in [4.78, 5) is -0.0516. The Morgan fingerprint density at radius 2 is 2.16 bits per heavy atom. The van der Waals surface area contributed by atoms with Gasteiger partial charge in [-0.05, 0) is 38.0 Å². The van der Waals surface area contributed by atoms with Gasteiger partial charge in [0.1, 0.15) is 0 Å². The molecule has 0 unspecified atom stereocenters. The van der Waals surface area contributed by atoms with E-state index in [1.165, 1.54) is 16.4 Å². The fourth-order valence-electron chi connectivity index (χ4n) is 3.19. The number of aryl methyl sites for hydroxylation is 1. The van der Waals surface area contributed by atoms with Crippen molar-refractivity contribution >= 4 is 10.0 Å². The van der Waals surface area contributed by atoms with Crippen LogP contribution < -0.4 is 4.74 Å². The lowest BCUT2D eigenvalue weighted by molar-refractivity contribution is 0.255. The molecule has 1 aliphatic heterocycles. The van der Waals surface area contributed by atoms with Crippen LogP contribution in [-0.4, -0.2) is 35.7 Å². The number of hydrogen-bond acceptors (Lipinski definition) is 4. The van der Waals surface area contributed by atoms with E-state index < -0.39 is 15.8 Å². The van der Waals surface area contributed by atoms with E-state index in [9.17, 15) is 12.8 Å². The van der Waals surface area contributed by atoms with Crippen molar-refractivity contribution in [2.75, 3.05) is 13.2 Å². The zero-order chi connectivity index (χ0) is 18.0. The van der Waals surface area contributed by atoms with Crippen LogP contribution in [0.3, 0.4) is 0 Å². The van der Waals surface area contributed by atoms with Crippen molar-refractivity contribution < 1.29 is 17.5 Å². The number of piperidine rings is 1. The Labute approximate surface area is 147 Å². The maximum Gasteiger partial charge on any atom is 0.243 e. The van der Waals surface area contributed by atoms with E-state index in [2.05, 4.69) is 5.10 Å². The SMILES string of the molecule is CCOc1ccc(S(=O)(=O)N2CCCC[C@@H]2c2cnn(C)c2)cc1F. The Hall–Kier alpha value is -1.93. The molecule has 2 aromatic rings. The number of ether oxygens (including phenoxy) is 1. The van der Waals surface area contributed by atoms with Gasteiger partial charge in [0.25, 0.3) is 0 Å². The Balaban J connectivity index is 1.95. The van der Waals surface area contributed by atoms with Gasteiger partial charge >= 0.3 is 0 Å². The number of rotatable bonds is 5. The largest absolute Gasteiger partial charge is 0.491 e. The summed E-state index contributed by atoms with van der Waals surface area (Å²) in [7, 11) is -2.00. The summed E-state index contributed by atoms with van der Waals surface area (Å²) in [6.45, 7) is 2.48. The minimum absolute atomic E-state index is 0.0516. The van der Waals surface area contributed by atoms with Crippen molar-refractivity contribution in [3.63, 3.8) is 0 Å². The highest BCUT2D eigenvalue weighted by Gasteiger charge is 2.35. The van der Waals surface area contributed by atoms with Crippen LogP contribution >= 0.6 is 0 Å². The molecule has 25 heavy (non-hydrogen) atoms. The molecule has 136 valence electrons. The van der Waals surface area contributed by atoms with E-state index in [1.807, 2.05) is 6.20 Å². The van der Waals surface area contributed by atoms with E-state index in [0.29, 0.717) is 13.2 Å². The molecule has 1 aromatic heterocycles. The van der Waals surface area contributed by atoms with E-state index in [4.69, 9.17) is 4.74 Å². The molecule has 0 spiro atoms. The van der Waals surface area contributed by atoms with Crippen molar-refractivity contribution in [2.45, 2.75) is 37.1 Å². The zero-order valence-electron chi connectivity index (χ0n) is 14.4. The summed E-state index contributed by atoms with van der Waals surface area (Å²) in [6, 6.07) is 3.53. The highest BCUT2D eigenvalue weighted by atomic mass is 32.2. The molecule has 0 bridgehead atoms. The zero-order valence-corrected chi connectivity index (χ0v) is 15.2. The van der Waals surface area contributed by atoms with Gasteiger partial charge in [0.05, 0.1) is 23.7 Å². The molecule has 1 fully saturated rings. The van der Waals surface area contributed by atoms with Crippen LogP contribution in [0.2, 0.25) is 0 Å². The molecule has 0 amide bonds. The Kier molecular flexibility index (Phi) is 5.10. The highest BCUT2D eigenvalue weighted by Crippen LogP contribution is 2.35. The number of hydrogen-bond donors (Lipinski definition) is 0. The Morgan fingerprint density at radius 3 is 2.80 bits per heavy atom. The van der Waals surface area contributed by atoms with E-state index in [0.717, 1.165) is 30.9 Å². The van der Waals surface area contributed by atoms with Crippen LogP contribution in [0.4, 0.5) is 4.39 Å². The topological polar surface area (TPSA) is 64.4 Å².